The number of amides is 1. The summed E-state index contributed by atoms with van der Waals surface area (Å²) in [6.07, 6.45) is 0.822. The highest BCUT2D eigenvalue weighted by atomic mass is 16.7. The van der Waals surface area contributed by atoms with E-state index in [0.29, 0.717) is 12.1 Å². The lowest BCUT2D eigenvalue weighted by Gasteiger charge is -2.40. The molecule has 3 N–H and O–H groups in total. The highest BCUT2D eigenvalue weighted by molar-refractivity contribution is 6.01. The van der Waals surface area contributed by atoms with Gasteiger partial charge in [-0.2, -0.15) is 0 Å². The molecular weight excluding hydrogens is 332 g/mol. The second-order valence-electron chi connectivity index (χ2n) is 6.72. The van der Waals surface area contributed by atoms with Crippen LogP contribution in [-0.2, 0) is 6.54 Å². The van der Waals surface area contributed by atoms with Gasteiger partial charge in [0.25, 0.3) is 5.91 Å². The van der Waals surface area contributed by atoms with Crippen molar-refractivity contribution >= 4 is 11.6 Å². The molecule has 7 nitrogen and oxygen atoms in total. The number of hydrogen-bond acceptors (Lipinski definition) is 6. The first-order chi connectivity index (χ1) is 12.8. The SMILES string of the molecule is O=C1c2ccccc2NC(C2CCNN2)N1Cc1ccc2c(c1)OCO2. The number of fused-ring (bicyclic) bond motifs is 2. The molecule has 3 heterocycles. The predicted molar refractivity (Wildman–Crippen MR) is 95.8 cm³/mol. The number of ether oxygens (including phenoxy) is 2. The van der Waals surface area contributed by atoms with Gasteiger partial charge in [0, 0.05) is 18.8 Å². The second-order valence-corrected chi connectivity index (χ2v) is 6.72. The summed E-state index contributed by atoms with van der Waals surface area (Å²) in [6.45, 7) is 1.63. The van der Waals surface area contributed by atoms with E-state index in [-0.39, 0.29) is 24.9 Å². The van der Waals surface area contributed by atoms with Crippen LogP contribution in [0.4, 0.5) is 5.69 Å². The van der Waals surface area contributed by atoms with Crippen LogP contribution in [0.15, 0.2) is 42.5 Å². The summed E-state index contributed by atoms with van der Waals surface area (Å²) in [5, 5.41) is 3.54. The zero-order valence-corrected chi connectivity index (χ0v) is 14.2. The standard InChI is InChI=1S/C19H20N4O3/c24-19-13-3-1-2-4-14(13)21-18(15-7-8-20-22-15)23(19)10-12-5-6-16-17(9-12)26-11-25-16/h1-6,9,15,18,20-22H,7-8,10-11H2. The average Bonchev–Trinajstić information content (AvgIpc) is 3.35. The van der Waals surface area contributed by atoms with Gasteiger partial charge in [0.2, 0.25) is 6.79 Å². The van der Waals surface area contributed by atoms with Crippen LogP contribution in [0, 0.1) is 0 Å². The van der Waals surface area contributed by atoms with Crippen molar-refractivity contribution in [2.45, 2.75) is 25.2 Å². The Kier molecular flexibility index (Phi) is 3.69. The van der Waals surface area contributed by atoms with E-state index in [0.717, 1.165) is 35.7 Å². The predicted octanol–water partition coefficient (Wildman–Crippen LogP) is 1.68. The molecule has 0 spiro atoms. The fourth-order valence-electron chi connectivity index (χ4n) is 3.78. The molecule has 2 aromatic rings. The van der Waals surface area contributed by atoms with Crippen LogP contribution in [0.5, 0.6) is 11.5 Å². The Labute approximate surface area is 151 Å². The van der Waals surface area contributed by atoms with E-state index in [1.54, 1.807) is 0 Å². The Morgan fingerprint density at radius 2 is 2.00 bits per heavy atom. The molecule has 0 aromatic heterocycles. The number of carbonyl (C=O) groups excluding carboxylic acids is 1. The average molecular weight is 352 g/mol. The number of rotatable bonds is 3. The molecule has 0 aliphatic carbocycles. The fraction of sp³-hybridized carbons (Fsp3) is 0.316. The van der Waals surface area contributed by atoms with Crippen LogP contribution in [0.3, 0.4) is 0 Å². The monoisotopic (exact) mass is 352 g/mol. The van der Waals surface area contributed by atoms with Crippen molar-refractivity contribution in [1.82, 2.24) is 15.8 Å². The molecule has 7 heteroatoms. The number of hydrazine groups is 1. The number of hydrogen-bond donors (Lipinski definition) is 3. The van der Waals surface area contributed by atoms with Crippen molar-refractivity contribution in [2.24, 2.45) is 0 Å². The van der Waals surface area contributed by atoms with Crippen molar-refractivity contribution in [3.8, 4) is 11.5 Å². The Morgan fingerprint density at radius 1 is 1.12 bits per heavy atom. The molecule has 1 fully saturated rings. The van der Waals surface area contributed by atoms with E-state index >= 15 is 0 Å². The third kappa shape index (κ3) is 2.56. The van der Waals surface area contributed by atoms with Gasteiger partial charge in [-0.25, -0.2) is 0 Å². The van der Waals surface area contributed by atoms with E-state index < -0.39 is 0 Å². The van der Waals surface area contributed by atoms with Gasteiger partial charge in [-0.15, -0.1) is 0 Å². The first-order valence-electron chi connectivity index (χ1n) is 8.83. The number of nitrogens with zero attached hydrogens (tertiary/aromatic N) is 1. The molecule has 2 atom stereocenters. The van der Waals surface area contributed by atoms with Crippen molar-refractivity contribution < 1.29 is 14.3 Å². The summed E-state index contributed by atoms with van der Waals surface area (Å²) in [5.41, 5.74) is 9.05. The summed E-state index contributed by atoms with van der Waals surface area (Å²) in [4.78, 5) is 15.1. The molecule has 1 saturated heterocycles. The van der Waals surface area contributed by atoms with Gasteiger partial charge in [-0.3, -0.25) is 15.6 Å². The van der Waals surface area contributed by atoms with E-state index in [9.17, 15) is 4.79 Å². The smallest absolute Gasteiger partial charge is 0.257 e. The second kappa shape index (κ2) is 6.19. The minimum atomic E-state index is -0.127. The van der Waals surface area contributed by atoms with Crippen molar-refractivity contribution in [2.75, 3.05) is 18.7 Å². The maximum Gasteiger partial charge on any atom is 0.257 e. The Morgan fingerprint density at radius 3 is 2.88 bits per heavy atom. The minimum Gasteiger partial charge on any atom is -0.454 e. The van der Waals surface area contributed by atoms with Crippen LogP contribution >= 0.6 is 0 Å². The van der Waals surface area contributed by atoms with Gasteiger partial charge in [0.1, 0.15) is 6.17 Å². The van der Waals surface area contributed by atoms with Crippen molar-refractivity contribution in [3.63, 3.8) is 0 Å². The highest BCUT2D eigenvalue weighted by Gasteiger charge is 2.37. The Bertz CT molecular complexity index is 850. The van der Waals surface area contributed by atoms with E-state index in [1.165, 1.54) is 0 Å². The summed E-state index contributed by atoms with van der Waals surface area (Å²) in [7, 11) is 0. The lowest BCUT2D eigenvalue weighted by Crippen LogP contribution is -2.57. The van der Waals surface area contributed by atoms with Gasteiger partial charge < -0.3 is 19.7 Å². The van der Waals surface area contributed by atoms with E-state index in [1.807, 2.05) is 47.4 Å². The topological polar surface area (TPSA) is 74.9 Å². The molecule has 1 amide bonds. The van der Waals surface area contributed by atoms with Crippen LogP contribution in [0.25, 0.3) is 0 Å². The minimum absolute atomic E-state index is 0.0377. The van der Waals surface area contributed by atoms with E-state index in [2.05, 4.69) is 16.2 Å². The molecule has 0 bridgehead atoms. The van der Waals surface area contributed by atoms with Crippen LogP contribution < -0.4 is 25.6 Å². The van der Waals surface area contributed by atoms with Gasteiger partial charge in [0.05, 0.1) is 11.6 Å². The summed E-state index contributed by atoms with van der Waals surface area (Å²) in [6, 6.07) is 13.6. The zero-order chi connectivity index (χ0) is 17.5. The maximum atomic E-state index is 13.2. The lowest BCUT2D eigenvalue weighted by molar-refractivity contribution is 0.0631. The van der Waals surface area contributed by atoms with Gasteiger partial charge >= 0.3 is 0 Å². The number of anilines is 1. The van der Waals surface area contributed by atoms with Gasteiger partial charge in [-0.1, -0.05) is 18.2 Å². The molecule has 2 aromatic carbocycles. The molecule has 0 saturated carbocycles. The maximum absolute atomic E-state index is 13.2. The molecule has 26 heavy (non-hydrogen) atoms. The van der Waals surface area contributed by atoms with E-state index in [4.69, 9.17) is 9.47 Å². The molecule has 5 rings (SSSR count). The zero-order valence-electron chi connectivity index (χ0n) is 14.2. The van der Waals surface area contributed by atoms with Gasteiger partial charge in [-0.05, 0) is 36.2 Å². The summed E-state index contributed by atoms with van der Waals surface area (Å²) < 4.78 is 10.9. The molecule has 0 radical (unpaired) electrons. The number of benzene rings is 2. The Balaban J connectivity index is 1.48. The summed E-state index contributed by atoms with van der Waals surface area (Å²) >= 11 is 0. The van der Waals surface area contributed by atoms with Crippen LogP contribution in [0.2, 0.25) is 0 Å². The lowest BCUT2D eigenvalue weighted by atomic mass is 10.0. The molecule has 3 aliphatic rings. The first kappa shape index (κ1) is 15.5. The van der Waals surface area contributed by atoms with Crippen LogP contribution in [-0.4, -0.2) is 36.4 Å². The fourth-order valence-corrected chi connectivity index (χ4v) is 3.78. The number of carbonyl (C=O) groups is 1. The molecule has 134 valence electrons. The van der Waals surface area contributed by atoms with Gasteiger partial charge in [0.15, 0.2) is 11.5 Å². The molecule has 3 aliphatic heterocycles. The molecule has 2 unspecified atom stereocenters. The largest absolute Gasteiger partial charge is 0.454 e. The normalized spacial score (nSPS) is 23.7. The number of para-hydroxylation sites is 1. The van der Waals surface area contributed by atoms with Crippen molar-refractivity contribution in [3.05, 3.63) is 53.6 Å². The highest BCUT2D eigenvalue weighted by Crippen LogP contribution is 2.34. The molecular formula is C19H20N4O3. The van der Waals surface area contributed by atoms with Crippen LogP contribution in [0.1, 0.15) is 22.3 Å². The summed E-state index contributed by atoms with van der Waals surface area (Å²) in [5.74, 6) is 1.52. The third-order valence-electron chi connectivity index (χ3n) is 5.10. The number of nitrogens with one attached hydrogen (secondary N) is 3. The third-order valence-corrected chi connectivity index (χ3v) is 5.10. The first-order valence-corrected chi connectivity index (χ1v) is 8.83. The quantitative estimate of drug-likeness (QED) is 0.780. The van der Waals surface area contributed by atoms with Crippen molar-refractivity contribution in [1.29, 1.82) is 0 Å². The Hall–Kier alpha value is -2.77.